The number of halogens is 1. The summed E-state index contributed by atoms with van der Waals surface area (Å²) >= 11 is 6.30. The number of carbonyl (C=O) groups is 1. The van der Waals surface area contributed by atoms with E-state index in [1.165, 1.54) is 41.8 Å². The molecule has 4 aromatic rings. The molecule has 8 nitrogen and oxygen atoms in total. The van der Waals surface area contributed by atoms with Gasteiger partial charge < -0.3 is 14.3 Å². The van der Waals surface area contributed by atoms with Crippen LogP contribution in [0, 0.1) is 0 Å². The Morgan fingerprint density at radius 1 is 1.03 bits per heavy atom. The topological polar surface area (TPSA) is 106 Å². The van der Waals surface area contributed by atoms with Crippen molar-refractivity contribution < 1.29 is 22.2 Å². The van der Waals surface area contributed by atoms with Gasteiger partial charge >= 0.3 is 0 Å². The van der Waals surface area contributed by atoms with E-state index in [1.807, 2.05) is 0 Å². The van der Waals surface area contributed by atoms with E-state index >= 15 is 0 Å². The van der Waals surface area contributed by atoms with Gasteiger partial charge in [-0.1, -0.05) is 35.0 Å². The molecule has 1 N–H and O–H groups in total. The third-order valence-corrected chi connectivity index (χ3v) is 6.95. The SMILES string of the molecule is CC(=O)Nc1ccc(S(=O)(=O)N(Cc2cc(-c3ccco3)on2)Cc2ccccc2Cl)cc1. The van der Waals surface area contributed by atoms with Gasteiger partial charge in [0.05, 0.1) is 23.4 Å². The summed E-state index contributed by atoms with van der Waals surface area (Å²) in [5.74, 6) is 0.636. The Morgan fingerprint density at radius 3 is 2.45 bits per heavy atom. The Kier molecular flexibility index (Phi) is 6.64. The summed E-state index contributed by atoms with van der Waals surface area (Å²) in [6.07, 6.45) is 1.51. The van der Waals surface area contributed by atoms with E-state index in [-0.39, 0.29) is 23.9 Å². The lowest BCUT2D eigenvalue weighted by molar-refractivity contribution is -0.114. The summed E-state index contributed by atoms with van der Waals surface area (Å²) < 4.78 is 39.0. The second-order valence-corrected chi connectivity index (χ2v) is 9.58. The summed E-state index contributed by atoms with van der Waals surface area (Å²) in [4.78, 5) is 11.3. The molecule has 4 rings (SSSR count). The van der Waals surface area contributed by atoms with Crippen molar-refractivity contribution in [1.29, 1.82) is 0 Å². The lowest BCUT2D eigenvalue weighted by atomic mass is 10.2. The molecule has 0 radical (unpaired) electrons. The Morgan fingerprint density at radius 2 is 1.79 bits per heavy atom. The average Bonchev–Trinajstić information content (AvgIpc) is 3.47. The van der Waals surface area contributed by atoms with Crippen molar-refractivity contribution >= 4 is 33.2 Å². The molecule has 0 saturated carbocycles. The molecule has 0 atom stereocenters. The summed E-state index contributed by atoms with van der Waals surface area (Å²) in [5.41, 5.74) is 1.55. The lowest BCUT2D eigenvalue weighted by Gasteiger charge is -2.22. The molecule has 0 aliphatic carbocycles. The third kappa shape index (κ3) is 5.33. The van der Waals surface area contributed by atoms with Crippen molar-refractivity contribution in [2.45, 2.75) is 24.9 Å². The Labute approximate surface area is 195 Å². The van der Waals surface area contributed by atoms with Crippen LogP contribution in [0.1, 0.15) is 18.2 Å². The number of amides is 1. The first-order chi connectivity index (χ1) is 15.8. The van der Waals surface area contributed by atoms with E-state index < -0.39 is 10.0 Å². The molecular formula is C23H20ClN3O5S. The Bertz CT molecular complexity index is 1350. The molecule has 10 heteroatoms. The van der Waals surface area contributed by atoms with Crippen LogP contribution in [0.4, 0.5) is 5.69 Å². The predicted octanol–water partition coefficient (Wildman–Crippen LogP) is 4.94. The minimum absolute atomic E-state index is 0.0262. The van der Waals surface area contributed by atoms with Crippen LogP contribution < -0.4 is 5.32 Å². The number of nitrogens with zero attached hydrogens (tertiary/aromatic N) is 2. The van der Waals surface area contributed by atoms with E-state index in [0.717, 1.165) is 0 Å². The summed E-state index contributed by atoms with van der Waals surface area (Å²) in [6.45, 7) is 1.36. The fourth-order valence-corrected chi connectivity index (χ4v) is 4.79. The van der Waals surface area contributed by atoms with Crippen LogP contribution in [0.15, 0.2) is 86.8 Å². The predicted molar refractivity (Wildman–Crippen MR) is 123 cm³/mol. The molecule has 0 spiro atoms. The highest BCUT2D eigenvalue weighted by molar-refractivity contribution is 7.89. The minimum Gasteiger partial charge on any atom is -0.461 e. The maximum absolute atomic E-state index is 13.5. The zero-order valence-electron chi connectivity index (χ0n) is 17.6. The van der Waals surface area contributed by atoms with Crippen LogP contribution in [0.3, 0.4) is 0 Å². The minimum atomic E-state index is -3.95. The van der Waals surface area contributed by atoms with Crippen LogP contribution in [0.2, 0.25) is 5.02 Å². The molecule has 0 aliphatic rings. The Hall–Kier alpha value is -3.40. The van der Waals surface area contributed by atoms with E-state index in [4.69, 9.17) is 20.5 Å². The van der Waals surface area contributed by atoms with Gasteiger partial charge in [-0.25, -0.2) is 8.42 Å². The van der Waals surface area contributed by atoms with Crippen LogP contribution in [0.5, 0.6) is 0 Å². The largest absolute Gasteiger partial charge is 0.461 e. The first-order valence-corrected chi connectivity index (χ1v) is 11.8. The van der Waals surface area contributed by atoms with Crippen molar-refractivity contribution in [1.82, 2.24) is 9.46 Å². The molecule has 0 fully saturated rings. The highest BCUT2D eigenvalue weighted by Crippen LogP contribution is 2.27. The number of anilines is 1. The number of carbonyl (C=O) groups excluding carboxylic acids is 1. The molecule has 0 bridgehead atoms. The number of rotatable bonds is 8. The lowest BCUT2D eigenvalue weighted by Crippen LogP contribution is -2.30. The van der Waals surface area contributed by atoms with Gasteiger partial charge in [0.25, 0.3) is 0 Å². The number of benzene rings is 2. The number of sulfonamides is 1. The summed E-state index contributed by atoms with van der Waals surface area (Å²) in [6, 6.07) is 18.1. The number of hydrogen-bond acceptors (Lipinski definition) is 6. The summed E-state index contributed by atoms with van der Waals surface area (Å²) in [7, 11) is -3.95. The van der Waals surface area contributed by atoms with E-state index in [1.54, 1.807) is 42.5 Å². The smallest absolute Gasteiger partial charge is 0.243 e. The first kappa shape index (κ1) is 22.8. The highest BCUT2D eigenvalue weighted by Gasteiger charge is 2.27. The van der Waals surface area contributed by atoms with Gasteiger partial charge in [0.2, 0.25) is 21.7 Å². The standard InChI is InChI=1S/C23H20ClN3O5S/c1-16(28)25-18-8-10-20(11-9-18)33(29,30)27(14-17-5-2-3-6-21(17)24)15-19-13-23(32-26-19)22-7-4-12-31-22/h2-13H,14-15H2,1H3,(H,25,28). The zero-order valence-corrected chi connectivity index (χ0v) is 19.1. The van der Waals surface area contributed by atoms with Gasteiger partial charge in [0.15, 0.2) is 5.76 Å². The summed E-state index contributed by atoms with van der Waals surface area (Å²) in [5, 5.41) is 7.08. The highest BCUT2D eigenvalue weighted by atomic mass is 35.5. The third-order valence-electron chi connectivity index (χ3n) is 4.78. The maximum atomic E-state index is 13.5. The molecule has 0 unspecified atom stereocenters. The number of furan rings is 1. The van der Waals surface area contributed by atoms with E-state index in [9.17, 15) is 13.2 Å². The van der Waals surface area contributed by atoms with Crippen molar-refractivity contribution in [3.05, 3.63) is 89.3 Å². The number of nitrogens with one attached hydrogen (secondary N) is 1. The van der Waals surface area contributed by atoms with Crippen molar-refractivity contribution in [2.75, 3.05) is 5.32 Å². The molecule has 0 aliphatic heterocycles. The quantitative estimate of drug-likeness (QED) is 0.379. The second-order valence-electron chi connectivity index (χ2n) is 7.23. The first-order valence-electron chi connectivity index (χ1n) is 9.93. The number of hydrogen-bond donors (Lipinski definition) is 1. The van der Waals surface area contributed by atoms with Gasteiger partial charge in [-0.15, -0.1) is 0 Å². The normalized spacial score (nSPS) is 11.6. The molecule has 2 heterocycles. The van der Waals surface area contributed by atoms with Gasteiger partial charge in [-0.3, -0.25) is 4.79 Å². The van der Waals surface area contributed by atoms with Crippen molar-refractivity contribution in [3.8, 4) is 11.5 Å². The molecule has 2 aromatic heterocycles. The molecule has 33 heavy (non-hydrogen) atoms. The van der Waals surface area contributed by atoms with Crippen LogP contribution >= 0.6 is 11.6 Å². The zero-order chi connectivity index (χ0) is 23.4. The van der Waals surface area contributed by atoms with Gasteiger partial charge in [0.1, 0.15) is 0 Å². The molecule has 1 amide bonds. The van der Waals surface area contributed by atoms with Crippen molar-refractivity contribution in [3.63, 3.8) is 0 Å². The fourth-order valence-electron chi connectivity index (χ4n) is 3.21. The Balaban J connectivity index is 1.66. The average molecular weight is 486 g/mol. The molecular weight excluding hydrogens is 466 g/mol. The van der Waals surface area contributed by atoms with Gasteiger partial charge in [-0.2, -0.15) is 4.31 Å². The fraction of sp³-hybridized carbons (Fsp3) is 0.130. The number of aromatic nitrogens is 1. The second kappa shape index (κ2) is 9.62. The van der Waals surface area contributed by atoms with Crippen LogP contribution in [-0.4, -0.2) is 23.8 Å². The monoisotopic (exact) mass is 485 g/mol. The van der Waals surface area contributed by atoms with Crippen LogP contribution in [0.25, 0.3) is 11.5 Å². The van der Waals surface area contributed by atoms with E-state index in [0.29, 0.717) is 33.5 Å². The van der Waals surface area contributed by atoms with Crippen LogP contribution in [-0.2, 0) is 27.9 Å². The van der Waals surface area contributed by atoms with E-state index in [2.05, 4.69) is 10.5 Å². The van der Waals surface area contributed by atoms with Gasteiger partial charge in [-0.05, 0) is 48.0 Å². The van der Waals surface area contributed by atoms with Gasteiger partial charge in [0, 0.05) is 30.2 Å². The molecule has 0 saturated heterocycles. The molecule has 2 aromatic carbocycles. The molecule has 170 valence electrons. The van der Waals surface area contributed by atoms with Crippen molar-refractivity contribution in [2.24, 2.45) is 0 Å². The maximum Gasteiger partial charge on any atom is 0.243 e.